The van der Waals surface area contributed by atoms with Crippen LogP contribution in [0.2, 0.25) is 0 Å². The van der Waals surface area contributed by atoms with E-state index in [0.717, 1.165) is 94.0 Å². The molecule has 43 heavy (non-hydrogen) atoms. The maximum Gasteiger partial charge on any atom is 0.351 e. The molecule has 3 saturated heterocycles. The second-order valence-corrected chi connectivity index (χ2v) is 24.1. The van der Waals surface area contributed by atoms with Gasteiger partial charge in [0, 0.05) is 63.5 Å². The van der Waals surface area contributed by atoms with Crippen molar-refractivity contribution in [3.05, 3.63) is 59.7 Å². The Morgan fingerprint density at radius 1 is 0.488 bits per heavy atom. The molecule has 3 bridgehead atoms. The van der Waals surface area contributed by atoms with Crippen LogP contribution in [0.4, 0.5) is 0 Å². The maximum atomic E-state index is 7.81. The molecule has 232 valence electrons. The Labute approximate surface area is 264 Å². The van der Waals surface area contributed by atoms with Crippen LogP contribution >= 0.6 is 51.1 Å². The van der Waals surface area contributed by atoms with Crippen molar-refractivity contribution in [2.75, 3.05) is 39.3 Å². The van der Waals surface area contributed by atoms with Crippen molar-refractivity contribution in [3.63, 3.8) is 0 Å². The highest BCUT2D eigenvalue weighted by Crippen LogP contribution is 2.85. The molecule has 1 unspecified atom stereocenters. The lowest BCUT2D eigenvalue weighted by Gasteiger charge is -2.49. The molecule has 0 aliphatic carbocycles. The average Bonchev–Trinajstić information content (AvgIpc) is 2.99. The van der Waals surface area contributed by atoms with Gasteiger partial charge in [-0.2, -0.15) is 18.1 Å². The Morgan fingerprint density at radius 2 is 0.884 bits per heavy atom. The standard InChI is InChI=1S/C27H38Cl2N8O2P4/c28-40-30-42(34-16-7-1-8-17-34,35-18-9-2-10-19-35)31-41(29)33-43(32-40)36(22-24-12-3-5-14-26(24)38-40)20-11-21-37(43)23-25-13-4-6-15-27(25)39-41/h3-6,12-15H,1-2,7-11,16-23H2/t40-,41-,43?/m0/s1. The van der Waals surface area contributed by atoms with Crippen LogP contribution in [-0.2, 0) is 13.1 Å². The Morgan fingerprint density at radius 3 is 1.35 bits per heavy atom. The van der Waals surface area contributed by atoms with Gasteiger partial charge in [-0.1, -0.05) is 49.2 Å². The average molecular weight is 701 g/mol. The molecule has 6 aliphatic heterocycles. The molecule has 0 radical (unpaired) electrons. The molecule has 0 aromatic heterocycles. The first kappa shape index (κ1) is 29.8. The Balaban J connectivity index is 1.48. The number of benzene rings is 2. The molecule has 16 heteroatoms. The summed E-state index contributed by atoms with van der Waals surface area (Å²) in [4.78, 5) is 0. The first-order chi connectivity index (χ1) is 20.9. The molecule has 0 amide bonds. The van der Waals surface area contributed by atoms with Crippen LogP contribution in [0.15, 0.2) is 66.6 Å². The van der Waals surface area contributed by atoms with Gasteiger partial charge in [0.2, 0.25) is 15.0 Å². The minimum atomic E-state index is -3.35. The molecule has 0 N–H and O–H groups in total. The van der Waals surface area contributed by atoms with Crippen molar-refractivity contribution in [2.24, 2.45) is 18.1 Å². The van der Waals surface area contributed by atoms with Crippen LogP contribution in [0, 0.1) is 0 Å². The summed E-state index contributed by atoms with van der Waals surface area (Å²) in [5.74, 6) is 1.51. The molecular formula is C27H38Cl2N8O2P4. The van der Waals surface area contributed by atoms with E-state index in [-0.39, 0.29) is 0 Å². The lowest BCUT2D eigenvalue weighted by molar-refractivity contribution is 0.296. The van der Waals surface area contributed by atoms with Gasteiger partial charge in [0.05, 0.1) is 0 Å². The largest absolute Gasteiger partial charge is 0.430 e. The van der Waals surface area contributed by atoms with Gasteiger partial charge < -0.3 is 9.05 Å². The lowest BCUT2D eigenvalue weighted by atomic mass is 10.2. The van der Waals surface area contributed by atoms with E-state index in [9.17, 15) is 0 Å². The minimum Gasteiger partial charge on any atom is -0.430 e. The highest BCUT2D eigenvalue weighted by molar-refractivity contribution is 7.98. The van der Waals surface area contributed by atoms with Gasteiger partial charge in [0.1, 0.15) is 11.5 Å². The summed E-state index contributed by atoms with van der Waals surface area (Å²) in [6.07, 6.45) is 7.72. The number of nitrogens with zero attached hydrogens (tertiary/aromatic N) is 8. The van der Waals surface area contributed by atoms with Gasteiger partial charge in [-0.3, -0.25) is 0 Å². The molecule has 6 heterocycles. The van der Waals surface area contributed by atoms with E-state index in [2.05, 4.69) is 42.9 Å². The van der Waals surface area contributed by atoms with Crippen LogP contribution < -0.4 is 9.05 Å². The third-order valence-corrected chi connectivity index (χ3v) is 24.6. The molecule has 1 spiro atoms. The Bertz CT molecular complexity index is 1610. The topological polar surface area (TPSA) is 80.9 Å². The van der Waals surface area contributed by atoms with Crippen molar-refractivity contribution in [1.29, 1.82) is 0 Å². The van der Waals surface area contributed by atoms with E-state index in [1.807, 2.05) is 24.3 Å². The van der Waals surface area contributed by atoms with Crippen molar-refractivity contribution >= 4 is 51.1 Å². The quantitative estimate of drug-likeness (QED) is 0.290. The van der Waals surface area contributed by atoms with E-state index >= 15 is 0 Å². The number of hydrogen-bond donors (Lipinski definition) is 0. The van der Waals surface area contributed by atoms with Gasteiger partial charge in [-0.15, -0.1) is 0 Å². The number of piperidine rings is 2. The number of halogens is 2. The Hall–Kier alpha value is -0.620. The number of fused-ring (bicyclic) bond motifs is 3. The van der Waals surface area contributed by atoms with Crippen molar-refractivity contribution < 1.29 is 9.05 Å². The molecule has 3 atom stereocenters. The van der Waals surface area contributed by atoms with Crippen molar-refractivity contribution in [3.8, 4) is 11.5 Å². The second kappa shape index (κ2) is 11.6. The normalized spacial score (nSPS) is 34.6. The fraction of sp³-hybridized carbons (Fsp3) is 0.556. The molecule has 6 aliphatic rings. The highest BCUT2D eigenvalue weighted by atomic mass is 35.7. The zero-order chi connectivity index (χ0) is 29.1. The summed E-state index contributed by atoms with van der Waals surface area (Å²) >= 11 is 15.6. The predicted molar refractivity (Wildman–Crippen MR) is 180 cm³/mol. The third-order valence-electron chi connectivity index (χ3n) is 9.02. The number of hydrogen-bond acceptors (Lipinski definition) is 10. The van der Waals surface area contributed by atoms with E-state index < -0.39 is 28.6 Å². The molecule has 8 rings (SSSR count). The second-order valence-electron chi connectivity index (χ2n) is 11.9. The van der Waals surface area contributed by atoms with Crippen molar-refractivity contribution in [1.82, 2.24) is 18.7 Å². The van der Waals surface area contributed by atoms with Crippen LogP contribution in [-0.4, -0.2) is 58.0 Å². The van der Waals surface area contributed by atoms with Crippen LogP contribution in [0.3, 0.4) is 0 Å². The lowest BCUT2D eigenvalue weighted by Crippen LogP contribution is -2.39. The van der Waals surface area contributed by atoms with Gasteiger partial charge in [-0.25, -0.2) is 18.7 Å². The van der Waals surface area contributed by atoms with E-state index in [0.29, 0.717) is 13.1 Å². The van der Waals surface area contributed by atoms with Crippen LogP contribution in [0.1, 0.15) is 56.1 Å². The smallest absolute Gasteiger partial charge is 0.351 e. The summed E-state index contributed by atoms with van der Waals surface area (Å²) in [5.41, 5.74) is 2.15. The molecule has 10 nitrogen and oxygen atoms in total. The van der Waals surface area contributed by atoms with E-state index in [1.165, 1.54) is 12.8 Å². The summed E-state index contributed by atoms with van der Waals surface area (Å²) in [6, 6.07) is 16.4. The molecule has 2 aromatic rings. The molecule has 0 saturated carbocycles. The summed E-state index contributed by atoms with van der Waals surface area (Å²) < 4.78 is 46.2. The Kier molecular flexibility index (Phi) is 8.00. The summed E-state index contributed by atoms with van der Waals surface area (Å²) in [6.45, 7) is -0.209. The SMILES string of the molecule is Cl[P@@]12=NP34=N[P@](Cl)(=NP(N5CCCCC5)(N5CCCCC5)=N1)Oc1ccccc1CN3CCCN4Cc1ccccc1O2. The van der Waals surface area contributed by atoms with Crippen molar-refractivity contribution in [2.45, 2.75) is 58.0 Å². The fourth-order valence-electron chi connectivity index (χ4n) is 6.98. The fourth-order valence-corrected chi connectivity index (χ4v) is 26.2. The number of para-hydroxylation sites is 2. The monoisotopic (exact) mass is 700 g/mol. The maximum absolute atomic E-state index is 7.81. The summed E-state index contributed by atoms with van der Waals surface area (Å²) in [5, 5.41) is 0. The third kappa shape index (κ3) is 5.36. The molecule has 2 aromatic carbocycles. The van der Waals surface area contributed by atoms with E-state index in [4.69, 9.17) is 49.6 Å². The highest BCUT2D eigenvalue weighted by Gasteiger charge is 2.50. The zero-order valence-corrected chi connectivity index (χ0v) is 29.3. The van der Waals surface area contributed by atoms with Gasteiger partial charge >= 0.3 is 13.6 Å². The summed E-state index contributed by atoms with van der Waals surface area (Å²) in [7, 11) is -5.81. The number of rotatable bonds is 2. The minimum absolute atomic E-state index is 0.640. The first-order valence-corrected chi connectivity index (χ1v) is 23.6. The van der Waals surface area contributed by atoms with Gasteiger partial charge in [0.25, 0.3) is 0 Å². The first-order valence-electron chi connectivity index (χ1n) is 15.4. The zero-order valence-electron chi connectivity index (χ0n) is 24.2. The molecule has 3 fully saturated rings. The van der Waals surface area contributed by atoms with Gasteiger partial charge in [-0.05, 0) is 66.7 Å². The van der Waals surface area contributed by atoms with Crippen LogP contribution in [0.25, 0.3) is 0 Å². The van der Waals surface area contributed by atoms with Crippen LogP contribution in [0.5, 0.6) is 11.5 Å². The van der Waals surface area contributed by atoms with Gasteiger partial charge in [0.15, 0.2) is 0 Å². The molecular weight excluding hydrogens is 663 g/mol. The predicted octanol–water partition coefficient (Wildman–Crippen LogP) is 10.4. The van der Waals surface area contributed by atoms with E-state index in [1.54, 1.807) is 0 Å².